The smallest absolute Gasteiger partial charge is 0.220 e. The van der Waals surface area contributed by atoms with Crippen molar-refractivity contribution in [2.45, 2.75) is 38.0 Å². The van der Waals surface area contributed by atoms with Gasteiger partial charge in [-0.2, -0.15) is 11.8 Å². The Labute approximate surface area is 87.9 Å². The molecule has 4 heteroatoms. The van der Waals surface area contributed by atoms with Crippen molar-refractivity contribution in [3.63, 3.8) is 0 Å². The van der Waals surface area contributed by atoms with Gasteiger partial charge in [0.15, 0.2) is 0 Å². The number of aliphatic hydroxyl groups excluding tert-OH is 1. The maximum atomic E-state index is 8.91. The van der Waals surface area contributed by atoms with Crippen molar-refractivity contribution in [2.24, 2.45) is 0 Å². The van der Waals surface area contributed by atoms with Crippen molar-refractivity contribution < 1.29 is 9.52 Å². The Bertz CT molecular complexity index is 305. The molecular weight excluding hydrogens is 198 g/mol. The Balaban J connectivity index is 2.17. The summed E-state index contributed by atoms with van der Waals surface area (Å²) in [6.07, 6.45) is 3.77. The quantitative estimate of drug-likeness (QED) is 0.819. The van der Waals surface area contributed by atoms with E-state index >= 15 is 0 Å². The number of oxazole rings is 1. The maximum Gasteiger partial charge on any atom is 0.220 e. The van der Waals surface area contributed by atoms with Gasteiger partial charge in [-0.3, -0.25) is 0 Å². The minimum atomic E-state index is -0.0990. The molecule has 1 atom stereocenters. The molecule has 1 aliphatic rings. The Kier molecular flexibility index (Phi) is 3.13. The number of aryl methyl sites for hydroxylation is 1. The summed E-state index contributed by atoms with van der Waals surface area (Å²) in [6.45, 7) is 1.83. The van der Waals surface area contributed by atoms with Gasteiger partial charge >= 0.3 is 0 Å². The Morgan fingerprint density at radius 3 is 3.00 bits per heavy atom. The average molecular weight is 213 g/mol. The molecule has 0 saturated carbocycles. The Morgan fingerprint density at radius 2 is 2.43 bits per heavy atom. The van der Waals surface area contributed by atoms with Gasteiger partial charge in [-0.15, -0.1) is 0 Å². The third-order valence-electron chi connectivity index (χ3n) is 2.50. The van der Waals surface area contributed by atoms with Crippen LogP contribution in [0.2, 0.25) is 0 Å². The summed E-state index contributed by atoms with van der Waals surface area (Å²) >= 11 is 1.95. The minimum absolute atomic E-state index is 0.0990. The first-order valence-corrected chi connectivity index (χ1v) is 6.05. The highest BCUT2D eigenvalue weighted by Gasteiger charge is 2.22. The van der Waals surface area contributed by atoms with E-state index in [1.807, 2.05) is 18.7 Å². The SMILES string of the molecule is Cc1oc(CO)nc1C1CCCCS1. The standard InChI is InChI=1S/C10H15NO2S/c1-7-10(11-9(6-12)13-7)8-4-2-3-5-14-8/h8,12H,2-6H2,1H3. The molecule has 2 rings (SSSR count). The van der Waals surface area contributed by atoms with Crippen LogP contribution in [0.15, 0.2) is 4.42 Å². The summed E-state index contributed by atoms with van der Waals surface area (Å²) < 4.78 is 5.34. The molecule has 2 heterocycles. The predicted octanol–water partition coefficient (Wildman–Crippen LogP) is 2.43. The van der Waals surface area contributed by atoms with E-state index in [4.69, 9.17) is 9.52 Å². The van der Waals surface area contributed by atoms with Crippen molar-refractivity contribution in [1.82, 2.24) is 4.98 Å². The molecule has 78 valence electrons. The fraction of sp³-hybridized carbons (Fsp3) is 0.700. The molecule has 1 unspecified atom stereocenters. The van der Waals surface area contributed by atoms with Crippen molar-refractivity contribution in [3.8, 4) is 0 Å². The number of rotatable bonds is 2. The van der Waals surface area contributed by atoms with Gasteiger partial charge in [0.05, 0.1) is 10.9 Å². The van der Waals surface area contributed by atoms with Crippen LogP contribution in [0, 0.1) is 6.92 Å². The first-order chi connectivity index (χ1) is 6.81. The van der Waals surface area contributed by atoms with Crippen molar-refractivity contribution in [1.29, 1.82) is 0 Å². The zero-order chi connectivity index (χ0) is 9.97. The Hall–Kier alpha value is -0.480. The highest BCUT2D eigenvalue weighted by Crippen LogP contribution is 2.39. The van der Waals surface area contributed by atoms with Crippen LogP contribution < -0.4 is 0 Å². The first kappa shape index (κ1) is 10.1. The first-order valence-electron chi connectivity index (χ1n) is 5.00. The second kappa shape index (κ2) is 4.36. The highest BCUT2D eigenvalue weighted by atomic mass is 32.2. The number of aliphatic hydroxyl groups is 1. The molecule has 3 nitrogen and oxygen atoms in total. The van der Waals surface area contributed by atoms with Crippen molar-refractivity contribution >= 4 is 11.8 Å². The molecule has 14 heavy (non-hydrogen) atoms. The molecular formula is C10H15NO2S. The van der Waals surface area contributed by atoms with Gasteiger partial charge in [0.25, 0.3) is 0 Å². The largest absolute Gasteiger partial charge is 0.443 e. The van der Waals surface area contributed by atoms with Crippen LogP contribution in [0.25, 0.3) is 0 Å². The van der Waals surface area contributed by atoms with E-state index in [0.717, 1.165) is 11.5 Å². The van der Waals surface area contributed by atoms with E-state index in [9.17, 15) is 0 Å². The van der Waals surface area contributed by atoms with E-state index in [-0.39, 0.29) is 6.61 Å². The number of hydrogen-bond donors (Lipinski definition) is 1. The summed E-state index contributed by atoms with van der Waals surface area (Å²) in [5.41, 5.74) is 1.04. The van der Waals surface area contributed by atoms with Crippen LogP contribution in [0.5, 0.6) is 0 Å². The van der Waals surface area contributed by atoms with E-state index in [2.05, 4.69) is 4.98 Å². The number of hydrogen-bond acceptors (Lipinski definition) is 4. The predicted molar refractivity (Wildman–Crippen MR) is 56.2 cm³/mol. The van der Waals surface area contributed by atoms with Crippen LogP contribution in [0.4, 0.5) is 0 Å². The van der Waals surface area contributed by atoms with E-state index < -0.39 is 0 Å². The number of thioether (sulfide) groups is 1. The Morgan fingerprint density at radius 1 is 1.57 bits per heavy atom. The molecule has 0 spiro atoms. The van der Waals surface area contributed by atoms with Gasteiger partial charge in [0.2, 0.25) is 5.89 Å². The normalized spacial score (nSPS) is 22.6. The molecule has 0 radical (unpaired) electrons. The van der Waals surface area contributed by atoms with Gasteiger partial charge in [-0.1, -0.05) is 6.42 Å². The lowest BCUT2D eigenvalue weighted by Gasteiger charge is -2.19. The fourth-order valence-electron chi connectivity index (χ4n) is 1.79. The third-order valence-corrected chi connectivity index (χ3v) is 3.88. The maximum absolute atomic E-state index is 8.91. The summed E-state index contributed by atoms with van der Waals surface area (Å²) in [4.78, 5) is 4.31. The number of aromatic nitrogens is 1. The lowest BCUT2D eigenvalue weighted by Crippen LogP contribution is -2.03. The highest BCUT2D eigenvalue weighted by molar-refractivity contribution is 7.99. The van der Waals surface area contributed by atoms with E-state index in [1.54, 1.807) is 0 Å². The van der Waals surface area contributed by atoms with Crippen molar-refractivity contribution in [2.75, 3.05) is 5.75 Å². The van der Waals surface area contributed by atoms with Crippen LogP contribution >= 0.6 is 11.8 Å². The van der Waals surface area contributed by atoms with Gasteiger partial charge < -0.3 is 9.52 Å². The van der Waals surface area contributed by atoms with Crippen molar-refractivity contribution in [3.05, 3.63) is 17.3 Å². The summed E-state index contributed by atoms with van der Waals surface area (Å²) in [6, 6.07) is 0. The van der Waals surface area contributed by atoms with E-state index in [0.29, 0.717) is 11.1 Å². The summed E-state index contributed by atoms with van der Waals surface area (Å²) in [5.74, 6) is 2.53. The molecule has 0 aromatic carbocycles. The lowest BCUT2D eigenvalue weighted by molar-refractivity contribution is 0.238. The number of nitrogens with zero attached hydrogens (tertiary/aromatic N) is 1. The van der Waals surface area contributed by atoms with Crippen LogP contribution in [0.3, 0.4) is 0 Å². The molecule has 0 amide bonds. The zero-order valence-corrected chi connectivity index (χ0v) is 9.14. The fourth-order valence-corrected chi connectivity index (χ4v) is 3.15. The second-order valence-electron chi connectivity index (χ2n) is 3.56. The molecule has 1 N–H and O–H groups in total. The molecule has 1 aliphatic heterocycles. The molecule has 1 aromatic heterocycles. The van der Waals surface area contributed by atoms with Gasteiger partial charge in [-0.05, 0) is 25.5 Å². The zero-order valence-electron chi connectivity index (χ0n) is 8.32. The molecule has 1 saturated heterocycles. The van der Waals surface area contributed by atoms with Gasteiger partial charge in [0, 0.05) is 0 Å². The second-order valence-corrected chi connectivity index (χ2v) is 4.87. The summed E-state index contributed by atoms with van der Waals surface area (Å²) in [7, 11) is 0. The summed E-state index contributed by atoms with van der Waals surface area (Å²) in [5, 5.41) is 9.39. The molecule has 1 aromatic rings. The van der Waals surface area contributed by atoms with Gasteiger partial charge in [-0.25, -0.2) is 4.98 Å². The molecule has 0 aliphatic carbocycles. The van der Waals surface area contributed by atoms with Crippen LogP contribution in [0.1, 0.15) is 41.9 Å². The van der Waals surface area contributed by atoms with Crippen LogP contribution in [-0.4, -0.2) is 15.8 Å². The molecule has 0 bridgehead atoms. The van der Waals surface area contributed by atoms with E-state index in [1.165, 1.54) is 25.0 Å². The molecule has 1 fully saturated rings. The van der Waals surface area contributed by atoms with Crippen LogP contribution in [-0.2, 0) is 6.61 Å². The minimum Gasteiger partial charge on any atom is -0.443 e. The monoisotopic (exact) mass is 213 g/mol. The lowest BCUT2D eigenvalue weighted by atomic mass is 10.1. The topological polar surface area (TPSA) is 46.3 Å². The average Bonchev–Trinajstić information content (AvgIpc) is 2.61. The third kappa shape index (κ3) is 1.96. The van der Waals surface area contributed by atoms with Gasteiger partial charge in [0.1, 0.15) is 12.4 Å².